The molecule has 1 atom stereocenters. The summed E-state index contributed by atoms with van der Waals surface area (Å²) in [5, 5.41) is 8.67. The summed E-state index contributed by atoms with van der Waals surface area (Å²) in [6.07, 6.45) is 2.72. The molecule has 0 saturated heterocycles. The van der Waals surface area contributed by atoms with Crippen molar-refractivity contribution in [2.24, 2.45) is 0 Å². The van der Waals surface area contributed by atoms with Gasteiger partial charge in [-0.2, -0.15) is 0 Å². The number of nitrogens with one attached hydrogen (secondary N) is 1. The molecule has 29 heavy (non-hydrogen) atoms. The molecule has 1 aliphatic rings. The van der Waals surface area contributed by atoms with Crippen molar-refractivity contribution in [1.82, 2.24) is 9.78 Å². The average molecular weight is 404 g/mol. The lowest BCUT2D eigenvalue weighted by Gasteiger charge is -2.21. The fourth-order valence-electron chi connectivity index (χ4n) is 3.86. The smallest absolute Gasteiger partial charge is 0.169 e. The third-order valence-corrected chi connectivity index (χ3v) is 5.40. The van der Waals surface area contributed by atoms with Gasteiger partial charge in [0.1, 0.15) is 5.76 Å². The lowest BCUT2D eigenvalue weighted by molar-refractivity contribution is 0.0960. The van der Waals surface area contributed by atoms with Crippen LogP contribution in [0.3, 0.4) is 0 Å². The van der Waals surface area contributed by atoms with E-state index in [2.05, 4.69) is 5.32 Å². The Labute approximate surface area is 172 Å². The third-order valence-electron chi connectivity index (χ3n) is 5.17. The summed E-state index contributed by atoms with van der Waals surface area (Å²) in [6.45, 7) is 0. The summed E-state index contributed by atoms with van der Waals surface area (Å²) in [6, 6.07) is 21.0. The topological polar surface area (TPSA) is 60.1 Å². The monoisotopic (exact) mass is 403 g/mol. The van der Waals surface area contributed by atoms with Gasteiger partial charge in [-0.15, -0.1) is 5.10 Å². The molecular weight excluding hydrogens is 386 g/mol. The number of rotatable bonds is 4. The first-order valence-electron chi connectivity index (χ1n) is 9.45. The highest BCUT2D eigenvalue weighted by Gasteiger charge is 2.34. The highest BCUT2D eigenvalue weighted by Crippen LogP contribution is 2.38. The summed E-state index contributed by atoms with van der Waals surface area (Å²) >= 11 is 6.12. The fraction of sp³-hybridized carbons (Fsp3) is 0.130. The van der Waals surface area contributed by atoms with Gasteiger partial charge in [0, 0.05) is 29.5 Å². The highest BCUT2D eigenvalue weighted by atomic mass is 35.5. The number of furan rings is 1. The van der Waals surface area contributed by atoms with Crippen LogP contribution in [0, 0.1) is 0 Å². The number of halogens is 1. The van der Waals surface area contributed by atoms with Crippen LogP contribution >= 0.6 is 11.6 Å². The molecular formula is C23H18ClN3O2. The first-order chi connectivity index (χ1) is 14.2. The Morgan fingerprint density at radius 3 is 2.66 bits per heavy atom. The molecule has 144 valence electrons. The van der Waals surface area contributed by atoms with Gasteiger partial charge < -0.3 is 9.73 Å². The average Bonchev–Trinajstić information content (AvgIpc) is 3.37. The molecule has 1 aliphatic carbocycles. The number of para-hydroxylation sites is 1. The number of benzene rings is 2. The number of anilines is 2. The van der Waals surface area contributed by atoms with Crippen molar-refractivity contribution in [2.75, 3.05) is 5.32 Å². The Morgan fingerprint density at radius 2 is 1.90 bits per heavy atom. The van der Waals surface area contributed by atoms with Gasteiger partial charge in [-0.05, 0) is 42.5 Å². The maximum atomic E-state index is 13.2. The summed E-state index contributed by atoms with van der Waals surface area (Å²) in [5.74, 6) is 1.44. The van der Waals surface area contributed by atoms with Gasteiger partial charge >= 0.3 is 0 Å². The molecule has 0 fully saturated rings. The van der Waals surface area contributed by atoms with E-state index in [0.29, 0.717) is 29.2 Å². The van der Waals surface area contributed by atoms with Crippen molar-refractivity contribution < 1.29 is 9.21 Å². The Balaban J connectivity index is 1.62. The number of hydrogen-bond donors (Lipinski definition) is 1. The van der Waals surface area contributed by atoms with E-state index in [-0.39, 0.29) is 11.7 Å². The van der Waals surface area contributed by atoms with Gasteiger partial charge in [0.15, 0.2) is 11.6 Å². The van der Waals surface area contributed by atoms with E-state index in [4.69, 9.17) is 21.1 Å². The summed E-state index contributed by atoms with van der Waals surface area (Å²) in [5.41, 5.74) is 3.23. The number of ketones is 1. The number of nitrogens with zero attached hydrogens (tertiary/aromatic N) is 2. The molecule has 5 rings (SSSR count). The van der Waals surface area contributed by atoms with Gasteiger partial charge in [0.25, 0.3) is 0 Å². The molecule has 5 nitrogen and oxygen atoms in total. The largest absolute Gasteiger partial charge is 0.469 e. The van der Waals surface area contributed by atoms with Crippen molar-refractivity contribution in [1.29, 1.82) is 0 Å². The summed E-state index contributed by atoms with van der Waals surface area (Å²) in [4.78, 5) is 13.2. The van der Waals surface area contributed by atoms with Crippen LogP contribution in [-0.2, 0) is 6.42 Å². The van der Waals surface area contributed by atoms with Crippen LogP contribution < -0.4 is 5.32 Å². The Hall–Kier alpha value is -3.31. The minimum absolute atomic E-state index is 0.00295. The van der Waals surface area contributed by atoms with Crippen LogP contribution in [0.4, 0.5) is 11.5 Å². The van der Waals surface area contributed by atoms with E-state index >= 15 is 0 Å². The molecule has 1 N–H and O–H groups in total. The van der Waals surface area contributed by atoms with Crippen LogP contribution in [0.25, 0.3) is 5.69 Å². The normalized spacial score (nSPS) is 15.9. The first kappa shape index (κ1) is 17.8. The van der Waals surface area contributed by atoms with Crippen molar-refractivity contribution >= 4 is 28.9 Å². The second-order valence-electron chi connectivity index (χ2n) is 7.10. The Bertz CT molecular complexity index is 1170. The number of hydrogen-bond acceptors (Lipinski definition) is 4. The Morgan fingerprint density at radius 1 is 1.03 bits per heavy atom. The van der Waals surface area contributed by atoms with Crippen LogP contribution in [0.1, 0.15) is 34.2 Å². The highest BCUT2D eigenvalue weighted by molar-refractivity contribution is 6.30. The maximum absolute atomic E-state index is 13.2. The molecule has 0 unspecified atom stereocenters. The maximum Gasteiger partial charge on any atom is 0.169 e. The molecule has 0 bridgehead atoms. The Kier molecular flexibility index (Phi) is 4.45. The van der Waals surface area contributed by atoms with Gasteiger partial charge in [-0.1, -0.05) is 35.9 Å². The second-order valence-corrected chi connectivity index (χ2v) is 7.53. The molecule has 0 amide bonds. The minimum Gasteiger partial charge on any atom is -0.469 e. The van der Waals surface area contributed by atoms with E-state index in [1.165, 1.54) is 0 Å². The zero-order valence-corrected chi connectivity index (χ0v) is 16.3. The van der Waals surface area contributed by atoms with E-state index in [9.17, 15) is 4.79 Å². The number of fused-ring (bicyclic) bond motifs is 1. The van der Waals surface area contributed by atoms with Crippen LogP contribution in [0.2, 0.25) is 5.02 Å². The van der Waals surface area contributed by atoms with E-state index < -0.39 is 0 Å². The van der Waals surface area contributed by atoms with Crippen molar-refractivity contribution in [3.8, 4) is 5.69 Å². The van der Waals surface area contributed by atoms with E-state index in [0.717, 1.165) is 22.8 Å². The minimum atomic E-state index is 0.00295. The predicted molar refractivity (Wildman–Crippen MR) is 112 cm³/mol. The molecule has 4 aromatic rings. The molecule has 0 saturated carbocycles. The molecule has 0 spiro atoms. The quantitative estimate of drug-likeness (QED) is 0.469. The van der Waals surface area contributed by atoms with Crippen LogP contribution in [-0.4, -0.2) is 15.6 Å². The first-order valence-corrected chi connectivity index (χ1v) is 9.83. The lowest BCUT2D eigenvalue weighted by atomic mass is 9.85. The zero-order valence-electron chi connectivity index (χ0n) is 15.5. The van der Waals surface area contributed by atoms with Crippen molar-refractivity contribution in [2.45, 2.75) is 18.8 Å². The van der Waals surface area contributed by atoms with Crippen molar-refractivity contribution in [3.05, 3.63) is 95.0 Å². The SMILES string of the molecule is O=C1C[C@@H](c2ccco2)Cc2c1c(Nc1cccc(Cl)c1)nn2-c1ccccc1. The summed E-state index contributed by atoms with van der Waals surface area (Å²) < 4.78 is 7.44. The van der Waals surface area contributed by atoms with Gasteiger partial charge in [0.05, 0.1) is 23.2 Å². The molecule has 6 heteroatoms. The number of Topliss-reactive ketones (excluding diaryl/α,β-unsaturated/α-hetero) is 1. The number of aromatic nitrogens is 2. The molecule has 0 aliphatic heterocycles. The zero-order chi connectivity index (χ0) is 19.8. The van der Waals surface area contributed by atoms with Crippen molar-refractivity contribution in [3.63, 3.8) is 0 Å². The summed E-state index contributed by atoms with van der Waals surface area (Å²) in [7, 11) is 0. The lowest BCUT2D eigenvalue weighted by Crippen LogP contribution is -2.20. The fourth-order valence-corrected chi connectivity index (χ4v) is 4.05. The van der Waals surface area contributed by atoms with Crippen LogP contribution in [0.15, 0.2) is 77.4 Å². The standard InChI is InChI=1S/C23H18ClN3O2/c24-16-6-4-7-17(14-16)25-23-22-19(27(26-23)18-8-2-1-3-9-18)12-15(13-20(22)28)21-10-5-11-29-21/h1-11,14-15H,12-13H2,(H,25,26)/t15-/m0/s1. The molecule has 2 heterocycles. The van der Waals surface area contributed by atoms with E-state index in [1.54, 1.807) is 6.26 Å². The number of carbonyl (C=O) groups is 1. The van der Waals surface area contributed by atoms with Crippen LogP contribution in [0.5, 0.6) is 0 Å². The number of carbonyl (C=O) groups excluding carboxylic acids is 1. The molecule has 2 aromatic carbocycles. The predicted octanol–water partition coefficient (Wildman–Crippen LogP) is 5.78. The van der Waals surface area contributed by atoms with Gasteiger partial charge in [0.2, 0.25) is 0 Å². The molecule has 0 radical (unpaired) electrons. The van der Waals surface area contributed by atoms with Gasteiger partial charge in [-0.3, -0.25) is 4.79 Å². The molecule has 2 aromatic heterocycles. The van der Waals surface area contributed by atoms with E-state index in [1.807, 2.05) is 71.4 Å². The van der Waals surface area contributed by atoms with Gasteiger partial charge in [-0.25, -0.2) is 4.68 Å². The third kappa shape index (κ3) is 3.34. The second kappa shape index (κ2) is 7.26.